The van der Waals surface area contributed by atoms with Crippen LogP contribution in [0.3, 0.4) is 0 Å². The van der Waals surface area contributed by atoms with E-state index in [0.29, 0.717) is 11.5 Å². The smallest absolute Gasteiger partial charge is 0.270 e. The Bertz CT molecular complexity index is 3900. The Morgan fingerprint density at radius 3 is 1.35 bits per heavy atom. The summed E-state index contributed by atoms with van der Waals surface area (Å²) >= 11 is 0. The number of pyridine rings is 2. The molecule has 0 spiro atoms. The molecule has 0 bridgehead atoms. The van der Waals surface area contributed by atoms with Crippen molar-refractivity contribution in [2.45, 2.75) is 0 Å². The molecular formula is C58H28N4. The van der Waals surface area contributed by atoms with Gasteiger partial charge < -0.3 is 4.85 Å². The van der Waals surface area contributed by atoms with Crippen molar-refractivity contribution in [1.29, 1.82) is 5.26 Å². The Balaban J connectivity index is 1.16. The molecule has 2 aromatic heterocycles. The largest absolute Gasteiger partial charge is 0.361 e. The van der Waals surface area contributed by atoms with Crippen molar-refractivity contribution in [1.82, 2.24) is 9.97 Å². The van der Waals surface area contributed by atoms with Gasteiger partial charge in [0.15, 0.2) is 5.52 Å². The minimum Gasteiger partial charge on any atom is -0.361 e. The number of fused-ring (bicyclic) bond motifs is 13. The molecule has 0 aliphatic heterocycles. The van der Waals surface area contributed by atoms with E-state index in [2.05, 4.69) is 144 Å². The van der Waals surface area contributed by atoms with Crippen LogP contribution in [-0.2, 0) is 0 Å². The van der Waals surface area contributed by atoms with Crippen LogP contribution in [0.25, 0.3) is 147 Å². The summed E-state index contributed by atoms with van der Waals surface area (Å²) < 4.78 is 0. The van der Waals surface area contributed by atoms with Crippen molar-refractivity contribution in [2.75, 3.05) is 0 Å². The first-order valence-electron chi connectivity index (χ1n) is 20.8. The summed E-state index contributed by atoms with van der Waals surface area (Å²) in [6.45, 7) is 8.10. The number of aromatic nitrogens is 2. The van der Waals surface area contributed by atoms with E-state index in [1.807, 2.05) is 36.4 Å². The highest BCUT2D eigenvalue weighted by molar-refractivity contribution is 6.31. The summed E-state index contributed by atoms with van der Waals surface area (Å²) in [6, 6.07) is 63.2. The van der Waals surface area contributed by atoms with Crippen LogP contribution in [0.5, 0.6) is 0 Å². The van der Waals surface area contributed by atoms with E-state index in [9.17, 15) is 5.26 Å². The Kier molecular flexibility index (Phi) is 6.40. The quantitative estimate of drug-likeness (QED) is 0.130. The molecule has 4 nitrogen and oxygen atoms in total. The zero-order valence-electron chi connectivity index (χ0n) is 33.0. The van der Waals surface area contributed by atoms with Gasteiger partial charge in [-0.15, -0.1) is 4.98 Å². The van der Waals surface area contributed by atoms with Crippen LogP contribution in [0, 0.1) is 17.9 Å². The Morgan fingerprint density at radius 2 is 0.839 bits per heavy atom. The zero-order valence-corrected chi connectivity index (χ0v) is 33.0. The van der Waals surface area contributed by atoms with Gasteiger partial charge in [0.05, 0.1) is 5.52 Å². The van der Waals surface area contributed by atoms with Gasteiger partial charge in [-0.25, -0.2) is 4.98 Å². The fraction of sp³-hybridized carbons (Fsp3) is 0. The van der Waals surface area contributed by atoms with Gasteiger partial charge in [-0.3, -0.25) is 0 Å². The lowest BCUT2D eigenvalue weighted by Gasteiger charge is -2.20. The second-order valence-corrected chi connectivity index (χ2v) is 16.5. The van der Waals surface area contributed by atoms with Gasteiger partial charge in [0.25, 0.3) is 5.82 Å². The van der Waals surface area contributed by atoms with Gasteiger partial charge >= 0.3 is 0 Å². The first-order chi connectivity index (χ1) is 30.7. The lowest BCUT2D eigenvalue weighted by atomic mass is 9.83. The average Bonchev–Trinajstić information content (AvgIpc) is 3.83. The average molecular weight is 781 g/mol. The van der Waals surface area contributed by atoms with Gasteiger partial charge in [-0.1, -0.05) is 140 Å². The third kappa shape index (κ3) is 4.22. The summed E-state index contributed by atoms with van der Waals surface area (Å²) in [5.41, 5.74) is 15.9. The van der Waals surface area contributed by atoms with E-state index in [1.54, 1.807) is 0 Å². The summed E-state index contributed by atoms with van der Waals surface area (Å²) in [5, 5.41) is 24.2. The molecule has 10 aromatic carbocycles. The fourth-order valence-corrected chi connectivity index (χ4v) is 11.1. The third-order valence-corrected chi connectivity index (χ3v) is 13.6. The molecule has 2 aliphatic carbocycles. The number of benzene rings is 10. The summed E-state index contributed by atoms with van der Waals surface area (Å²) in [5.74, 6) is 0.380. The first-order valence-corrected chi connectivity index (χ1v) is 20.8. The Labute approximate surface area is 355 Å². The lowest BCUT2D eigenvalue weighted by Crippen LogP contribution is -1.95. The molecule has 2 aliphatic rings. The molecule has 4 heteroatoms. The molecule has 0 saturated carbocycles. The van der Waals surface area contributed by atoms with Crippen molar-refractivity contribution >= 4 is 81.5 Å². The molecule has 0 saturated heterocycles. The van der Waals surface area contributed by atoms with Crippen LogP contribution in [0.2, 0.25) is 0 Å². The molecule has 12 aromatic rings. The minimum atomic E-state index is 0.380. The SMILES string of the molecule is [C-]#[N+]c1cc(-c2c3c(cc4c2ccc2c5cc6c(c(-c7cc(C#N)nc8ccccc78)c5ccc42)-c2cccc4cccc-6c24)-c2cccc4cccc-3c24)c2ccccc2n1. The number of rotatable bonds is 2. The van der Waals surface area contributed by atoms with E-state index in [-0.39, 0.29) is 0 Å². The van der Waals surface area contributed by atoms with Gasteiger partial charge in [0, 0.05) is 10.8 Å². The van der Waals surface area contributed by atoms with E-state index < -0.39 is 0 Å². The molecule has 0 atom stereocenters. The van der Waals surface area contributed by atoms with E-state index in [1.165, 1.54) is 66.1 Å². The van der Waals surface area contributed by atoms with Crippen LogP contribution >= 0.6 is 0 Å². The van der Waals surface area contributed by atoms with Crippen molar-refractivity contribution in [3.63, 3.8) is 0 Å². The van der Waals surface area contributed by atoms with Gasteiger partial charge in [0.1, 0.15) is 11.8 Å². The Morgan fingerprint density at radius 1 is 0.371 bits per heavy atom. The molecule has 0 N–H and O–H groups in total. The molecule has 2 heterocycles. The maximum absolute atomic E-state index is 10.3. The molecule has 0 unspecified atom stereocenters. The number of nitrogens with zero attached hydrogens (tertiary/aromatic N) is 4. The number of hydrogen-bond donors (Lipinski definition) is 0. The standard InChI is InChI=1S/C58H28N4/c1-60-52-29-49(37-15-3-5-21-51(37)62-52)56-41-25-23-34-35(45(41)28-48-39-17-7-11-32-13-9-19-43(54(32)39)58(48)56)22-24-40-44(34)27-47-38-16-6-10-31-12-8-18-42(53(31)38)57(47)55(40)46-26-33(30-59)61-50-20-4-2-14-36(46)50/h2-29H. The van der Waals surface area contributed by atoms with E-state index in [0.717, 1.165) is 76.4 Å². The number of para-hydroxylation sites is 2. The molecule has 62 heavy (non-hydrogen) atoms. The normalized spacial score (nSPS) is 12.2. The lowest BCUT2D eigenvalue weighted by molar-refractivity contribution is 1.33. The molecule has 280 valence electrons. The highest BCUT2D eigenvalue weighted by Crippen LogP contribution is 2.58. The van der Waals surface area contributed by atoms with Crippen LogP contribution in [-0.4, -0.2) is 9.97 Å². The van der Waals surface area contributed by atoms with Crippen molar-refractivity contribution in [3.05, 3.63) is 187 Å². The maximum Gasteiger partial charge on any atom is 0.270 e. The molecule has 0 fully saturated rings. The summed E-state index contributed by atoms with van der Waals surface area (Å²) in [6.07, 6.45) is 0. The van der Waals surface area contributed by atoms with Crippen molar-refractivity contribution in [2.24, 2.45) is 0 Å². The number of hydrogen-bond acceptors (Lipinski definition) is 3. The molecule has 0 radical (unpaired) electrons. The fourth-order valence-electron chi connectivity index (χ4n) is 11.1. The van der Waals surface area contributed by atoms with E-state index >= 15 is 0 Å². The predicted octanol–water partition coefficient (Wildman–Crippen LogP) is 15.6. The van der Waals surface area contributed by atoms with Crippen molar-refractivity contribution < 1.29 is 0 Å². The topological polar surface area (TPSA) is 53.9 Å². The van der Waals surface area contributed by atoms with Crippen LogP contribution < -0.4 is 0 Å². The van der Waals surface area contributed by atoms with Gasteiger partial charge in [0.2, 0.25) is 0 Å². The second kappa shape index (κ2) is 12.0. The van der Waals surface area contributed by atoms with Crippen LogP contribution in [0.1, 0.15) is 5.69 Å². The Hall–Kier alpha value is -8.70. The molecule has 14 rings (SSSR count). The van der Waals surface area contributed by atoms with Crippen LogP contribution in [0.4, 0.5) is 5.82 Å². The second-order valence-electron chi connectivity index (χ2n) is 16.5. The molecular weight excluding hydrogens is 753 g/mol. The zero-order chi connectivity index (χ0) is 40.8. The predicted molar refractivity (Wildman–Crippen MR) is 255 cm³/mol. The summed E-state index contributed by atoms with van der Waals surface area (Å²) in [4.78, 5) is 13.4. The monoisotopic (exact) mass is 780 g/mol. The highest BCUT2D eigenvalue weighted by Gasteiger charge is 2.31. The van der Waals surface area contributed by atoms with Crippen LogP contribution in [0.15, 0.2) is 170 Å². The van der Waals surface area contributed by atoms with Gasteiger partial charge in [-0.2, -0.15) is 5.26 Å². The summed E-state index contributed by atoms with van der Waals surface area (Å²) in [7, 11) is 0. The minimum absolute atomic E-state index is 0.380. The van der Waals surface area contributed by atoms with Crippen molar-refractivity contribution in [3.8, 4) is 72.8 Å². The highest BCUT2D eigenvalue weighted by atomic mass is 14.9. The third-order valence-electron chi connectivity index (χ3n) is 13.6. The van der Waals surface area contributed by atoms with E-state index in [4.69, 9.17) is 16.5 Å². The van der Waals surface area contributed by atoms with Gasteiger partial charge in [-0.05, 0) is 157 Å². The first kappa shape index (κ1) is 33.2. The molecule has 0 amide bonds. The maximum atomic E-state index is 10.3. The number of nitriles is 1.